The lowest BCUT2D eigenvalue weighted by atomic mass is 9.88. The lowest BCUT2D eigenvalue weighted by molar-refractivity contribution is -0.137. The van der Waals surface area contributed by atoms with Crippen molar-refractivity contribution in [2.75, 3.05) is 6.61 Å². The largest absolute Gasteiger partial charge is 0.491 e. The number of ether oxygens (including phenoxy) is 1. The maximum atomic E-state index is 10.7. The number of carboxylic acids is 1. The first-order valence-corrected chi connectivity index (χ1v) is 11.1. The number of hydrogen-bond acceptors (Lipinski definition) is 5. The molecular weight excluding hydrogens is 376 g/mol. The van der Waals surface area contributed by atoms with Gasteiger partial charge in [-0.05, 0) is 50.2 Å². The Kier molecular flexibility index (Phi) is 7.82. The number of hydrogen-bond donors (Lipinski definition) is 3. The Morgan fingerprint density at radius 1 is 1.29 bits per heavy atom. The molecule has 1 heterocycles. The molecule has 28 heavy (non-hydrogen) atoms. The van der Waals surface area contributed by atoms with Crippen molar-refractivity contribution in [3.8, 4) is 5.75 Å². The van der Waals surface area contributed by atoms with Gasteiger partial charge in [0.2, 0.25) is 0 Å². The second kappa shape index (κ2) is 10.3. The third-order valence-electron chi connectivity index (χ3n) is 5.72. The fourth-order valence-corrected chi connectivity index (χ4v) is 6.20. The van der Waals surface area contributed by atoms with Crippen molar-refractivity contribution in [2.45, 2.75) is 61.2 Å². The number of aliphatic hydroxyl groups excluding tert-OH is 2. The van der Waals surface area contributed by atoms with Crippen molar-refractivity contribution in [1.82, 2.24) is 0 Å². The molecule has 6 heteroatoms. The fraction of sp³-hybridized carbons (Fsp3) is 0.591. The average molecular weight is 407 g/mol. The molecule has 154 valence electrons. The Balaban J connectivity index is 1.46. The molecule has 2 aliphatic rings. The van der Waals surface area contributed by atoms with Gasteiger partial charge in [0, 0.05) is 22.8 Å². The van der Waals surface area contributed by atoms with Crippen molar-refractivity contribution in [3.05, 3.63) is 42.5 Å². The van der Waals surface area contributed by atoms with E-state index in [1.54, 1.807) is 6.08 Å². The van der Waals surface area contributed by atoms with Crippen LogP contribution in [0.4, 0.5) is 0 Å². The fourth-order valence-electron chi connectivity index (χ4n) is 4.31. The maximum absolute atomic E-state index is 10.7. The Morgan fingerprint density at radius 3 is 2.82 bits per heavy atom. The van der Waals surface area contributed by atoms with E-state index < -0.39 is 12.1 Å². The van der Waals surface area contributed by atoms with E-state index in [1.807, 2.05) is 48.2 Å². The van der Waals surface area contributed by atoms with Crippen LogP contribution in [0.15, 0.2) is 42.5 Å². The molecule has 1 aliphatic heterocycles. The van der Waals surface area contributed by atoms with E-state index in [9.17, 15) is 15.0 Å². The summed E-state index contributed by atoms with van der Waals surface area (Å²) in [7, 11) is 0. The van der Waals surface area contributed by atoms with E-state index >= 15 is 0 Å². The molecular formula is C22H30O5S. The third-order valence-corrected chi connectivity index (χ3v) is 7.46. The van der Waals surface area contributed by atoms with Gasteiger partial charge in [0.25, 0.3) is 0 Å². The van der Waals surface area contributed by atoms with Crippen molar-refractivity contribution < 1.29 is 24.9 Å². The molecule has 0 radical (unpaired) electrons. The molecule has 6 atom stereocenters. The summed E-state index contributed by atoms with van der Waals surface area (Å²) in [6.45, 7) is 0.192. The molecule has 1 aromatic rings. The number of carboxylic acid groups (broad SMARTS) is 1. The van der Waals surface area contributed by atoms with Crippen LogP contribution in [0.3, 0.4) is 0 Å². The van der Waals surface area contributed by atoms with Crippen LogP contribution in [-0.2, 0) is 4.79 Å². The average Bonchev–Trinajstić information content (AvgIpc) is 2.99. The standard InChI is InChI=1S/C22H30O5S/c23-15(14-27-16-5-2-1-3-6-16)9-11-18-19-12-10-17(7-4-8-22(25)26)28-21(19)13-20(18)24/h1-3,5-6,9,11,15,17-21,23-24H,4,7-8,10,12-14H2,(H,25,26)/t15-,17+,18-,19-,20-,21+/m1/s1. The Hall–Kier alpha value is -1.50. The number of carbonyl (C=O) groups is 1. The highest BCUT2D eigenvalue weighted by Crippen LogP contribution is 2.49. The normalized spacial score (nSPS) is 30.9. The zero-order valence-corrected chi connectivity index (χ0v) is 16.8. The number of fused-ring (bicyclic) bond motifs is 1. The molecule has 3 N–H and O–H groups in total. The van der Waals surface area contributed by atoms with Gasteiger partial charge in [0.1, 0.15) is 18.5 Å². The van der Waals surface area contributed by atoms with Crippen LogP contribution in [0.2, 0.25) is 0 Å². The van der Waals surface area contributed by atoms with E-state index in [1.165, 1.54) is 0 Å². The van der Waals surface area contributed by atoms with Gasteiger partial charge in [0.15, 0.2) is 0 Å². The SMILES string of the molecule is O=C(O)CCC[C@H]1CC[C@@H]2[C@@H](C=C[C@@H](O)COc3ccccc3)[C@H](O)C[C@@H]2S1. The molecule has 5 nitrogen and oxygen atoms in total. The Bertz CT molecular complexity index is 650. The molecule has 1 saturated heterocycles. The molecule has 0 bridgehead atoms. The van der Waals surface area contributed by atoms with Crippen LogP contribution < -0.4 is 4.74 Å². The highest BCUT2D eigenvalue weighted by Gasteiger charge is 2.44. The van der Waals surface area contributed by atoms with Crippen molar-refractivity contribution >= 4 is 17.7 Å². The third kappa shape index (κ3) is 6.00. The highest BCUT2D eigenvalue weighted by atomic mass is 32.2. The van der Waals surface area contributed by atoms with Crippen molar-refractivity contribution in [2.24, 2.45) is 11.8 Å². The Morgan fingerprint density at radius 2 is 2.07 bits per heavy atom. The smallest absolute Gasteiger partial charge is 0.303 e. The summed E-state index contributed by atoms with van der Waals surface area (Å²) in [6.07, 6.45) is 7.45. The van der Waals surface area contributed by atoms with E-state index in [0.717, 1.165) is 37.9 Å². The molecule has 1 saturated carbocycles. The van der Waals surface area contributed by atoms with Gasteiger partial charge < -0.3 is 20.1 Å². The number of para-hydroxylation sites is 1. The minimum atomic E-state index is -0.727. The zero-order valence-electron chi connectivity index (χ0n) is 16.0. The second-order valence-electron chi connectivity index (χ2n) is 7.78. The first-order valence-electron chi connectivity index (χ1n) is 10.1. The first-order chi connectivity index (χ1) is 13.5. The first kappa shape index (κ1) is 21.2. The summed E-state index contributed by atoms with van der Waals surface area (Å²) < 4.78 is 5.58. The van der Waals surface area contributed by atoms with E-state index in [-0.39, 0.29) is 25.0 Å². The second-order valence-corrected chi connectivity index (χ2v) is 9.32. The molecule has 3 rings (SSSR count). The predicted molar refractivity (Wildman–Crippen MR) is 111 cm³/mol. The van der Waals surface area contributed by atoms with Crippen molar-refractivity contribution in [3.63, 3.8) is 0 Å². The van der Waals surface area contributed by atoms with Crippen LogP contribution in [0.25, 0.3) is 0 Å². The van der Waals surface area contributed by atoms with Gasteiger partial charge in [-0.25, -0.2) is 0 Å². The molecule has 2 fully saturated rings. The summed E-state index contributed by atoms with van der Waals surface area (Å²) in [4.78, 5) is 10.7. The van der Waals surface area contributed by atoms with Gasteiger partial charge in [-0.2, -0.15) is 11.8 Å². The van der Waals surface area contributed by atoms with Crippen LogP contribution >= 0.6 is 11.8 Å². The van der Waals surface area contributed by atoms with Gasteiger partial charge in [-0.3, -0.25) is 4.79 Å². The molecule has 1 aliphatic carbocycles. The summed E-state index contributed by atoms with van der Waals surface area (Å²) >= 11 is 1.93. The number of rotatable bonds is 9. The number of benzene rings is 1. The minimum Gasteiger partial charge on any atom is -0.491 e. The van der Waals surface area contributed by atoms with E-state index in [4.69, 9.17) is 9.84 Å². The minimum absolute atomic E-state index is 0.0730. The lowest BCUT2D eigenvalue weighted by Crippen LogP contribution is -2.27. The number of thioether (sulfide) groups is 1. The molecule has 0 aromatic heterocycles. The summed E-state index contributed by atoms with van der Waals surface area (Å²) in [5.74, 6) is 0.501. The quantitative estimate of drug-likeness (QED) is 0.544. The monoisotopic (exact) mass is 406 g/mol. The maximum Gasteiger partial charge on any atom is 0.303 e. The molecule has 0 spiro atoms. The number of aliphatic hydroxyl groups is 2. The molecule has 0 amide bonds. The van der Waals surface area contributed by atoms with Gasteiger partial charge >= 0.3 is 5.97 Å². The van der Waals surface area contributed by atoms with Crippen molar-refractivity contribution in [1.29, 1.82) is 0 Å². The summed E-state index contributed by atoms with van der Waals surface area (Å²) in [5.41, 5.74) is 0. The van der Waals surface area contributed by atoms with Crippen LogP contribution in [0, 0.1) is 11.8 Å². The highest BCUT2D eigenvalue weighted by molar-refractivity contribution is 8.00. The lowest BCUT2D eigenvalue weighted by Gasteiger charge is -2.33. The van der Waals surface area contributed by atoms with Crippen LogP contribution in [-0.4, -0.2) is 50.6 Å². The molecule has 0 unspecified atom stereocenters. The number of aliphatic carboxylic acids is 1. The van der Waals surface area contributed by atoms with Gasteiger partial charge in [-0.15, -0.1) is 0 Å². The predicted octanol–water partition coefficient (Wildman–Crippen LogP) is 3.50. The molecule has 1 aromatic carbocycles. The summed E-state index contributed by atoms with van der Waals surface area (Å²) in [6, 6.07) is 9.41. The van der Waals surface area contributed by atoms with E-state index in [2.05, 4.69) is 0 Å². The van der Waals surface area contributed by atoms with Crippen LogP contribution in [0.1, 0.15) is 38.5 Å². The Labute approximate surface area is 170 Å². The van der Waals surface area contributed by atoms with E-state index in [0.29, 0.717) is 16.4 Å². The van der Waals surface area contributed by atoms with Gasteiger partial charge in [-0.1, -0.05) is 30.4 Å². The topological polar surface area (TPSA) is 87.0 Å². The summed E-state index contributed by atoms with van der Waals surface area (Å²) in [5, 5.41) is 30.4. The van der Waals surface area contributed by atoms with Crippen LogP contribution in [0.5, 0.6) is 5.75 Å². The van der Waals surface area contributed by atoms with Gasteiger partial charge in [0.05, 0.1) is 6.10 Å². The zero-order chi connectivity index (χ0) is 19.9.